The van der Waals surface area contributed by atoms with E-state index in [1.807, 2.05) is 0 Å². The molecule has 6 nitrogen and oxygen atoms in total. The molecular weight excluding hydrogens is 208 g/mol. The van der Waals surface area contributed by atoms with Crippen LogP contribution in [0.4, 0.5) is 0 Å². The van der Waals surface area contributed by atoms with Crippen molar-refractivity contribution in [3.8, 4) is 0 Å². The van der Waals surface area contributed by atoms with Gasteiger partial charge in [-0.2, -0.15) is 0 Å². The Kier molecular flexibility index (Phi) is 3.41. The van der Waals surface area contributed by atoms with Crippen LogP contribution >= 0.6 is 11.3 Å². The SMILES string of the molecule is CO/N=C(/C(=O)OC)c1csc(=O)[nH]1. The second-order valence-corrected chi connectivity index (χ2v) is 3.02. The summed E-state index contributed by atoms with van der Waals surface area (Å²) in [6, 6.07) is 0. The zero-order valence-corrected chi connectivity index (χ0v) is 8.38. The van der Waals surface area contributed by atoms with E-state index in [4.69, 9.17) is 0 Å². The summed E-state index contributed by atoms with van der Waals surface area (Å²) in [6.45, 7) is 0. The Labute approximate surface area is 83.2 Å². The van der Waals surface area contributed by atoms with Crippen molar-refractivity contribution in [2.75, 3.05) is 14.2 Å². The monoisotopic (exact) mass is 216 g/mol. The molecule has 0 bridgehead atoms. The van der Waals surface area contributed by atoms with Crippen LogP contribution in [0.5, 0.6) is 0 Å². The molecule has 1 N–H and O–H groups in total. The third-order valence-electron chi connectivity index (χ3n) is 1.34. The topological polar surface area (TPSA) is 80.8 Å². The number of methoxy groups -OCH3 is 1. The predicted octanol–water partition coefficient (Wildman–Crippen LogP) is -0.0401. The van der Waals surface area contributed by atoms with Crippen molar-refractivity contribution < 1.29 is 14.4 Å². The lowest BCUT2D eigenvalue weighted by molar-refractivity contribution is -0.132. The molecule has 1 heterocycles. The Morgan fingerprint density at radius 3 is 2.71 bits per heavy atom. The zero-order valence-electron chi connectivity index (χ0n) is 7.57. The number of aromatic nitrogens is 1. The van der Waals surface area contributed by atoms with Gasteiger partial charge in [0.15, 0.2) is 0 Å². The first-order valence-corrected chi connectivity index (χ1v) is 4.44. The van der Waals surface area contributed by atoms with Crippen LogP contribution in [0.25, 0.3) is 0 Å². The maximum absolute atomic E-state index is 11.2. The molecule has 0 aliphatic carbocycles. The first-order valence-electron chi connectivity index (χ1n) is 3.56. The van der Waals surface area contributed by atoms with Crippen LogP contribution in [0.2, 0.25) is 0 Å². The number of nitrogens with one attached hydrogen (secondary N) is 1. The fourth-order valence-electron chi connectivity index (χ4n) is 0.781. The van der Waals surface area contributed by atoms with E-state index in [2.05, 4.69) is 19.7 Å². The number of carbonyl (C=O) groups is 1. The minimum Gasteiger partial charge on any atom is -0.464 e. The van der Waals surface area contributed by atoms with Crippen LogP contribution in [-0.2, 0) is 14.4 Å². The molecule has 0 aliphatic heterocycles. The molecule has 0 unspecified atom stereocenters. The fourth-order valence-corrected chi connectivity index (χ4v) is 1.35. The molecule has 7 heteroatoms. The minimum atomic E-state index is -0.666. The molecule has 1 rings (SSSR count). The third kappa shape index (κ3) is 2.19. The minimum absolute atomic E-state index is 0.0617. The van der Waals surface area contributed by atoms with Crippen molar-refractivity contribution in [3.05, 3.63) is 20.7 Å². The number of ether oxygens (including phenoxy) is 1. The fraction of sp³-hybridized carbons (Fsp3) is 0.286. The number of oxime groups is 1. The van der Waals surface area contributed by atoms with Gasteiger partial charge in [-0.15, -0.1) is 0 Å². The third-order valence-corrected chi connectivity index (χ3v) is 2.01. The molecule has 0 aliphatic rings. The average molecular weight is 216 g/mol. The number of aromatic amines is 1. The Morgan fingerprint density at radius 2 is 2.29 bits per heavy atom. The van der Waals surface area contributed by atoms with Crippen LogP contribution in [0, 0.1) is 0 Å². The number of carbonyl (C=O) groups excluding carboxylic acids is 1. The highest BCUT2D eigenvalue weighted by molar-refractivity contribution is 7.07. The van der Waals surface area contributed by atoms with Gasteiger partial charge in [-0.3, -0.25) is 4.79 Å². The van der Waals surface area contributed by atoms with E-state index < -0.39 is 5.97 Å². The summed E-state index contributed by atoms with van der Waals surface area (Å²) in [5.74, 6) is -0.666. The van der Waals surface area contributed by atoms with Crippen molar-refractivity contribution >= 4 is 23.0 Å². The number of nitrogens with zero attached hydrogens (tertiary/aromatic N) is 1. The normalized spacial score (nSPS) is 11.1. The van der Waals surface area contributed by atoms with Gasteiger partial charge in [0, 0.05) is 5.38 Å². The van der Waals surface area contributed by atoms with E-state index in [0.717, 1.165) is 11.3 Å². The van der Waals surface area contributed by atoms with Crippen LogP contribution < -0.4 is 4.87 Å². The highest BCUT2D eigenvalue weighted by Gasteiger charge is 2.17. The van der Waals surface area contributed by atoms with Gasteiger partial charge in [-0.05, 0) is 0 Å². The second kappa shape index (κ2) is 4.56. The maximum Gasteiger partial charge on any atom is 0.362 e. The van der Waals surface area contributed by atoms with Crippen LogP contribution in [0.15, 0.2) is 15.3 Å². The highest BCUT2D eigenvalue weighted by Crippen LogP contribution is 2.00. The van der Waals surface area contributed by atoms with Gasteiger partial charge in [0.2, 0.25) is 5.71 Å². The van der Waals surface area contributed by atoms with Gasteiger partial charge in [-0.25, -0.2) is 4.79 Å². The zero-order chi connectivity index (χ0) is 10.6. The summed E-state index contributed by atoms with van der Waals surface area (Å²) >= 11 is 0.931. The number of thiazole rings is 1. The molecular formula is C7H8N2O4S. The Hall–Kier alpha value is -1.63. The first kappa shape index (κ1) is 10.5. The van der Waals surface area contributed by atoms with Crippen LogP contribution in [-0.4, -0.2) is 30.9 Å². The largest absolute Gasteiger partial charge is 0.464 e. The van der Waals surface area contributed by atoms with E-state index in [1.165, 1.54) is 19.6 Å². The molecule has 0 atom stereocenters. The molecule has 0 aromatic carbocycles. The molecule has 0 spiro atoms. The summed E-state index contributed by atoms with van der Waals surface area (Å²) in [6.07, 6.45) is 0. The van der Waals surface area contributed by atoms with E-state index in [1.54, 1.807) is 0 Å². The summed E-state index contributed by atoms with van der Waals surface area (Å²) in [7, 11) is 2.52. The van der Waals surface area contributed by atoms with E-state index in [0.29, 0.717) is 0 Å². The van der Waals surface area contributed by atoms with E-state index in [-0.39, 0.29) is 16.3 Å². The number of hydrogen-bond acceptors (Lipinski definition) is 6. The summed E-state index contributed by atoms with van der Waals surface area (Å²) in [4.78, 5) is 28.6. The van der Waals surface area contributed by atoms with E-state index in [9.17, 15) is 9.59 Å². The number of rotatable bonds is 3. The van der Waals surface area contributed by atoms with Crippen molar-refractivity contribution in [3.63, 3.8) is 0 Å². The quantitative estimate of drug-likeness (QED) is 0.436. The number of esters is 1. The van der Waals surface area contributed by atoms with E-state index >= 15 is 0 Å². The Morgan fingerprint density at radius 1 is 1.57 bits per heavy atom. The molecule has 1 aromatic rings. The van der Waals surface area contributed by atoms with Crippen LogP contribution in [0.1, 0.15) is 5.69 Å². The first-order chi connectivity index (χ1) is 6.69. The molecule has 76 valence electrons. The van der Waals surface area contributed by atoms with Crippen molar-refractivity contribution in [1.29, 1.82) is 0 Å². The summed E-state index contributed by atoms with van der Waals surface area (Å²) < 4.78 is 4.46. The predicted molar refractivity (Wildman–Crippen MR) is 50.5 cm³/mol. The lowest BCUT2D eigenvalue weighted by Gasteiger charge is -1.99. The smallest absolute Gasteiger partial charge is 0.362 e. The van der Waals surface area contributed by atoms with Crippen LogP contribution in [0.3, 0.4) is 0 Å². The summed E-state index contributed by atoms with van der Waals surface area (Å²) in [5, 5.41) is 4.93. The number of H-pyrrole nitrogens is 1. The molecule has 0 fully saturated rings. The lowest BCUT2D eigenvalue weighted by atomic mass is 10.3. The lowest BCUT2D eigenvalue weighted by Crippen LogP contribution is -2.18. The summed E-state index contributed by atoms with van der Waals surface area (Å²) in [5.41, 5.74) is 0.224. The van der Waals surface area contributed by atoms with Gasteiger partial charge in [0.25, 0.3) is 0 Å². The molecule has 1 aromatic heterocycles. The molecule has 0 saturated heterocycles. The number of hydrogen-bond donors (Lipinski definition) is 1. The van der Waals surface area contributed by atoms with Gasteiger partial charge in [-0.1, -0.05) is 16.5 Å². The molecule has 0 radical (unpaired) electrons. The van der Waals surface area contributed by atoms with Crippen molar-refractivity contribution in [2.24, 2.45) is 5.16 Å². The maximum atomic E-state index is 11.2. The molecule has 0 amide bonds. The highest BCUT2D eigenvalue weighted by atomic mass is 32.1. The van der Waals surface area contributed by atoms with Gasteiger partial charge in [0.05, 0.1) is 12.8 Å². The van der Waals surface area contributed by atoms with Gasteiger partial charge in [0.1, 0.15) is 7.11 Å². The second-order valence-electron chi connectivity index (χ2n) is 2.18. The van der Waals surface area contributed by atoms with Crippen molar-refractivity contribution in [1.82, 2.24) is 4.98 Å². The average Bonchev–Trinajstić information content (AvgIpc) is 2.60. The molecule has 0 saturated carbocycles. The van der Waals surface area contributed by atoms with Gasteiger partial charge >= 0.3 is 10.8 Å². The standard InChI is InChI=1S/C7H8N2O4S/c1-12-6(10)5(9-13-2)4-3-14-7(11)8-4/h3H,1-2H3,(H,8,11)/b9-5+. The Bertz CT molecular complexity index is 406. The molecule has 14 heavy (non-hydrogen) atoms. The van der Waals surface area contributed by atoms with Crippen molar-refractivity contribution in [2.45, 2.75) is 0 Å². The van der Waals surface area contributed by atoms with Gasteiger partial charge < -0.3 is 14.6 Å². The Balaban J connectivity index is 3.06.